The smallest absolute Gasteiger partial charge is 0.263 e. The highest BCUT2D eigenvalue weighted by Crippen LogP contribution is 2.28. The molecule has 0 atom stereocenters. The van der Waals surface area contributed by atoms with Gasteiger partial charge in [0.1, 0.15) is 10.7 Å². The van der Waals surface area contributed by atoms with E-state index in [1.165, 1.54) is 11.3 Å². The summed E-state index contributed by atoms with van der Waals surface area (Å²) in [5.41, 5.74) is 1.71. The van der Waals surface area contributed by atoms with Crippen molar-refractivity contribution in [2.45, 2.75) is 20.4 Å². The van der Waals surface area contributed by atoms with Gasteiger partial charge in [0.25, 0.3) is 5.56 Å². The molecule has 0 N–H and O–H groups in total. The van der Waals surface area contributed by atoms with Crippen LogP contribution in [0.3, 0.4) is 0 Å². The Labute approximate surface area is 137 Å². The van der Waals surface area contributed by atoms with Gasteiger partial charge in [-0.25, -0.2) is 4.98 Å². The van der Waals surface area contributed by atoms with Gasteiger partial charge in [-0.15, -0.1) is 17.8 Å². The Bertz CT molecular complexity index is 961. The molecular formula is C17H13ClN2OS. The number of fused-ring (bicyclic) bond motifs is 1. The van der Waals surface area contributed by atoms with Crippen molar-refractivity contribution >= 4 is 33.2 Å². The Kier molecular flexibility index (Phi) is 3.78. The summed E-state index contributed by atoms with van der Waals surface area (Å²) in [5, 5.41) is 1.30. The lowest BCUT2D eigenvalue weighted by Crippen LogP contribution is -2.23. The summed E-state index contributed by atoms with van der Waals surface area (Å²) < 4.78 is 1.55. The molecule has 0 unspecified atom stereocenters. The first-order valence-corrected chi connectivity index (χ1v) is 7.92. The number of hydrogen-bond acceptors (Lipinski definition) is 3. The zero-order chi connectivity index (χ0) is 15.9. The van der Waals surface area contributed by atoms with Crippen LogP contribution in [0.2, 0.25) is 5.02 Å². The molecule has 0 amide bonds. The molecule has 0 radical (unpaired) electrons. The Morgan fingerprint density at radius 1 is 1.32 bits per heavy atom. The highest BCUT2D eigenvalue weighted by atomic mass is 35.5. The van der Waals surface area contributed by atoms with E-state index in [4.69, 9.17) is 18.0 Å². The lowest BCUT2D eigenvalue weighted by molar-refractivity contribution is 0.796. The Morgan fingerprint density at radius 2 is 2.00 bits per heavy atom. The van der Waals surface area contributed by atoms with Gasteiger partial charge in [-0.3, -0.25) is 9.36 Å². The molecule has 0 saturated carbocycles. The van der Waals surface area contributed by atoms with E-state index < -0.39 is 0 Å². The molecule has 0 bridgehead atoms. The van der Waals surface area contributed by atoms with Crippen molar-refractivity contribution in [3.8, 4) is 23.7 Å². The van der Waals surface area contributed by atoms with Crippen LogP contribution in [0.5, 0.6) is 0 Å². The second-order valence-corrected chi connectivity index (χ2v) is 6.64. The minimum absolute atomic E-state index is 0.0882. The molecule has 0 aliphatic rings. The summed E-state index contributed by atoms with van der Waals surface area (Å²) in [6, 6.07) is 7.24. The first-order valence-electron chi connectivity index (χ1n) is 6.73. The van der Waals surface area contributed by atoms with Crippen LogP contribution >= 0.6 is 22.9 Å². The minimum atomic E-state index is -0.0882. The normalized spacial score (nSPS) is 10.8. The van der Waals surface area contributed by atoms with Crippen molar-refractivity contribution in [1.29, 1.82) is 0 Å². The quantitative estimate of drug-likeness (QED) is 0.666. The van der Waals surface area contributed by atoms with E-state index in [0.717, 1.165) is 20.8 Å². The van der Waals surface area contributed by atoms with Gasteiger partial charge in [0.2, 0.25) is 0 Å². The first-order chi connectivity index (χ1) is 10.5. The van der Waals surface area contributed by atoms with Crippen LogP contribution in [0.15, 0.2) is 29.1 Å². The number of rotatable bonds is 2. The van der Waals surface area contributed by atoms with Crippen molar-refractivity contribution in [3.05, 3.63) is 50.1 Å². The van der Waals surface area contributed by atoms with Gasteiger partial charge < -0.3 is 0 Å². The van der Waals surface area contributed by atoms with E-state index in [0.29, 0.717) is 16.2 Å². The fraction of sp³-hybridized carbons (Fsp3) is 0.176. The predicted octanol–water partition coefficient (Wildman–Crippen LogP) is 4.03. The zero-order valence-corrected chi connectivity index (χ0v) is 13.8. The van der Waals surface area contributed by atoms with Crippen LogP contribution < -0.4 is 5.56 Å². The molecule has 0 saturated heterocycles. The van der Waals surface area contributed by atoms with Crippen molar-refractivity contribution < 1.29 is 0 Å². The number of hydrogen-bond donors (Lipinski definition) is 0. The average Bonchev–Trinajstić information content (AvgIpc) is 2.78. The molecule has 0 aliphatic carbocycles. The Hall–Kier alpha value is -2.09. The third-order valence-corrected chi connectivity index (χ3v) is 4.99. The number of halogens is 1. The number of terminal acetylenes is 1. The number of thiophene rings is 1. The van der Waals surface area contributed by atoms with Crippen molar-refractivity contribution in [2.75, 3.05) is 0 Å². The summed E-state index contributed by atoms with van der Waals surface area (Å²) >= 11 is 7.46. The van der Waals surface area contributed by atoms with E-state index in [-0.39, 0.29) is 12.1 Å². The maximum absolute atomic E-state index is 12.8. The number of benzene rings is 1. The van der Waals surface area contributed by atoms with Crippen LogP contribution in [-0.2, 0) is 6.54 Å². The summed E-state index contributed by atoms with van der Waals surface area (Å²) in [4.78, 5) is 19.3. The van der Waals surface area contributed by atoms with Crippen LogP contribution in [0.1, 0.15) is 10.4 Å². The van der Waals surface area contributed by atoms with E-state index in [1.54, 1.807) is 16.7 Å². The van der Waals surface area contributed by atoms with Crippen LogP contribution in [0.4, 0.5) is 0 Å². The molecule has 5 heteroatoms. The minimum Gasteiger partial charge on any atom is -0.280 e. The van der Waals surface area contributed by atoms with Gasteiger partial charge in [0.05, 0.1) is 11.9 Å². The van der Waals surface area contributed by atoms with Gasteiger partial charge in [0.15, 0.2) is 0 Å². The molecule has 1 aromatic carbocycles. The second-order valence-electron chi connectivity index (χ2n) is 5.00. The SMILES string of the molecule is C#CCn1c(-c2ccc(Cl)cc2)nc2sc(C)c(C)c2c1=O. The zero-order valence-electron chi connectivity index (χ0n) is 12.2. The monoisotopic (exact) mass is 328 g/mol. The largest absolute Gasteiger partial charge is 0.280 e. The van der Waals surface area contributed by atoms with Gasteiger partial charge in [-0.05, 0) is 43.7 Å². The third kappa shape index (κ3) is 2.33. The highest BCUT2D eigenvalue weighted by Gasteiger charge is 2.16. The summed E-state index contributed by atoms with van der Waals surface area (Å²) in [5.74, 6) is 3.11. The molecule has 2 heterocycles. The maximum atomic E-state index is 12.8. The Balaban J connectivity index is 2.38. The summed E-state index contributed by atoms with van der Waals surface area (Å²) in [7, 11) is 0. The van der Waals surface area contributed by atoms with Crippen LogP contribution in [0.25, 0.3) is 21.6 Å². The van der Waals surface area contributed by atoms with Crippen molar-refractivity contribution in [3.63, 3.8) is 0 Å². The molecule has 2 aromatic heterocycles. The molecule has 0 aliphatic heterocycles. The molecule has 3 aromatic rings. The van der Waals surface area contributed by atoms with E-state index in [1.807, 2.05) is 26.0 Å². The Morgan fingerprint density at radius 3 is 2.64 bits per heavy atom. The van der Waals surface area contributed by atoms with Crippen LogP contribution in [-0.4, -0.2) is 9.55 Å². The first kappa shape index (κ1) is 14.8. The number of nitrogens with zero attached hydrogens (tertiary/aromatic N) is 2. The van der Waals surface area contributed by atoms with E-state index >= 15 is 0 Å². The molecule has 3 nitrogen and oxygen atoms in total. The van der Waals surface area contributed by atoms with Crippen molar-refractivity contribution in [2.24, 2.45) is 0 Å². The number of aryl methyl sites for hydroxylation is 2. The third-order valence-electron chi connectivity index (χ3n) is 3.64. The lowest BCUT2D eigenvalue weighted by atomic mass is 10.2. The second kappa shape index (κ2) is 5.60. The van der Waals surface area contributed by atoms with Gasteiger partial charge >= 0.3 is 0 Å². The molecule has 110 valence electrons. The fourth-order valence-electron chi connectivity index (χ4n) is 2.38. The summed E-state index contributed by atoms with van der Waals surface area (Å²) in [6.45, 7) is 4.13. The standard InChI is InChI=1S/C17H13ClN2OS/c1-4-9-20-15(12-5-7-13(18)8-6-12)19-16-14(17(20)21)10(2)11(3)22-16/h1,5-8H,9H2,2-3H3. The van der Waals surface area contributed by atoms with Crippen LogP contribution in [0, 0.1) is 26.2 Å². The van der Waals surface area contributed by atoms with Crippen molar-refractivity contribution in [1.82, 2.24) is 9.55 Å². The van der Waals surface area contributed by atoms with Gasteiger partial charge in [-0.1, -0.05) is 17.5 Å². The predicted molar refractivity (Wildman–Crippen MR) is 92.6 cm³/mol. The fourth-order valence-corrected chi connectivity index (χ4v) is 3.53. The molecular weight excluding hydrogens is 316 g/mol. The molecule has 0 fully saturated rings. The molecule has 3 rings (SSSR count). The molecule has 0 spiro atoms. The van der Waals surface area contributed by atoms with Gasteiger partial charge in [0, 0.05) is 15.5 Å². The highest BCUT2D eigenvalue weighted by molar-refractivity contribution is 7.18. The van der Waals surface area contributed by atoms with E-state index in [2.05, 4.69) is 10.9 Å². The lowest BCUT2D eigenvalue weighted by Gasteiger charge is -2.10. The number of aromatic nitrogens is 2. The maximum Gasteiger partial charge on any atom is 0.263 e. The molecule has 22 heavy (non-hydrogen) atoms. The van der Waals surface area contributed by atoms with Gasteiger partial charge in [-0.2, -0.15) is 0 Å². The average molecular weight is 329 g/mol. The topological polar surface area (TPSA) is 34.9 Å². The summed E-state index contributed by atoms with van der Waals surface area (Å²) in [6.07, 6.45) is 5.43. The van der Waals surface area contributed by atoms with E-state index in [9.17, 15) is 4.79 Å².